The number of carbonyl (C=O) groups is 1. The summed E-state index contributed by atoms with van der Waals surface area (Å²) in [5.74, 6) is 0.0304. The maximum Gasteiger partial charge on any atom is 0.238 e. The molecule has 0 bridgehead atoms. The van der Waals surface area contributed by atoms with Crippen LogP contribution in [0.2, 0.25) is 0 Å². The van der Waals surface area contributed by atoms with Crippen LogP contribution < -0.4 is 10.6 Å². The molecular weight excluding hydrogens is 224 g/mol. The Bertz CT molecular complexity index is 383. The predicted molar refractivity (Wildman–Crippen MR) is 74.5 cm³/mol. The summed E-state index contributed by atoms with van der Waals surface area (Å²) in [5, 5.41) is 6.15. The van der Waals surface area contributed by atoms with Gasteiger partial charge in [0.05, 0.1) is 6.54 Å². The van der Waals surface area contributed by atoms with E-state index in [0.717, 1.165) is 12.2 Å². The third-order valence-corrected chi connectivity index (χ3v) is 3.71. The molecule has 3 heteroatoms. The van der Waals surface area contributed by atoms with Crippen molar-refractivity contribution >= 4 is 11.6 Å². The average Bonchev–Trinajstić information content (AvgIpc) is 2.77. The van der Waals surface area contributed by atoms with Crippen molar-refractivity contribution in [1.29, 1.82) is 0 Å². The highest BCUT2D eigenvalue weighted by molar-refractivity contribution is 5.92. The van der Waals surface area contributed by atoms with Gasteiger partial charge in [-0.3, -0.25) is 4.79 Å². The van der Waals surface area contributed by atoms with Crippen molar-refractivity contribution in [3.05, 3.63) is 30.3 Å². The fraction of sp³-hybridized carbons (Fsp3) is 0.533. The molecule has 1 saturated carbocycles. The number of para-hydroxylation sites is 1. The minimum absolute atomic E-state index is 0.0304. The molecule has 1 fully saturated rings. The van der Waals surface area contributed by atoms with Crippen molar-refractivity contribution < 1.29 is 4.79 Å². The topological polar surface area (TPSA) is 41.1 Å². The van der Waals surface area contributed by atoms with Gasteiger partial charge >= 0.3 is 0 Å². The lowest BCUT2D eigenvalue weighted by Gasteiger charge is -2.23. The normalized spacial score (nSPS) is 17.6. The second kappa shape index (κ2) is 6.01. The number of hydrogen-bond acceptors (Lipinski definition) is 2. The van der Waals surface area contributed by atoms with Gasteiger partial charge in [-0.25, -0.2) is 0 Å². The van der Waals surface area contributed by atoms with Crippen molar-refractivity contribution in [1.82, 2.24) is 5.32 Å². The molecule has 2 N–H and O–H groups in total. The number of anilines is 1. The summed E-state index contributed by atoms with van der Waals surface area (Å²) >= 11 is 0. The zero-order valence-electron chi connectivity index (χ0n) is 11.0. The number of rotatable bonds is 5. The largest absolute Gasteiger partial charge is 0.325 e. The zero-order chi connectivity index (χ0) is 12.8. The molecule has 0 aliphatic heterocycles. The van der Waals surface area contributed by atoms with Gasteiger partial charge in [0.25, 0.3) is 0 Å². The van der Waals surface area contributed by atoms with Crippen LogP contribution in [-0.2, 0) is 4.79 Å². The Kier molecular flexibility index (Phi) is 4.37. The average molecular weight is 246 g/mol. The molecular formula is C15H22N2O. The van der Waals surface area contributed by atoms with Crippen molar-refractivity contribution in [2.75, 3.05) is 18.4 Å². The second-order valence-corrected chi connectivity index (χ2v) is 5.54. The van der Waals surface area contributed by atoms with Crippen LogP contribution in [0.4, 0.5) is 5.69 Å². The molecule has 1 aliphatic rings. The van der Waals surface area contributed by atoms with Crippen LogP contribution >= 0.6 is 0 Å². The number of benzene rings is 1. The van der Waals surface area contributed by atoms with E-state index in [9.17, 15) is 4.79 Å². The lowest BCUT2D eigenvalue weighted by atomic mass is 9.89. The maximum absolute atomic E-state index is 11.7. The SMILES string of the molecule is CC1(CNCC(=O)Nc2ccccc2)CCCC1. The summed E-state index contributed by atoms with van der Waals surface area (Å²) in [6.45, 7) is 3.64. The van der Waals surface area contributed by atoms with Gasteiger partial charge in [-0.05, 0) is 30.4 Å². The third kappa shape index (κ3) is 3.84. The minimum atomic E-state index is 0.0304. The van der Waals surface area contributed by atoms with Gasteiger partial charge < -0.3 is 10.6 Å². The molecule has 0 radical (unpaired) electrons. The van der Waals surface area contributed by atoms with Gasteiger partial charge in [0.2, 0.25) is 5.91 Å². The Labute approximate surface area is 109 Å². The smallest absolute Gasteiger partial charge is 0.238 e. The molecule has 98 valence electrons. The van der Waals surface area contributed by atoms with Crippen LogP contribution in [-0.4, -0.2) is 19.0 Å². The number of nitrogens with one attached hydrogen (secondary N) is 2. The molecule has 1 aliphatic carbocycles. The first-order valence-corrected chi connectivity index (χ1v) is 6.74. The van der Waals surface area contributed by atoms with Gasteiger partial charge in [-0.15, -0.1) is 0 Å². The minimum Gasteiger partial charge on any atom is -0.325 e. The Morgan fingerprint density at radius 1 is 1.22 bits per heavy atom. The summed E-state index contributed by atoms with van der Waals surface area (Å²) in [5.41, 5.74) is 1.25. The van der Waals surface area contributed by atoms with Crippen molar-refractivity contribution in [2.24, 2.45) is 5.41 Å². The number of amides is 1. The first-order chi connectivity index (χ1) is 8.68. The van der Waals surface area contributed by atoms with Crippen LogP contribution in [0.15, 0.2) is 30.3 Å². The molecule has 0 unspecified atom stereocenters. The van der Waals surface area contributed by atoms with E-state index in [4.69, 9.17) is 0 Å². The fourth-order valence-electron chi connectivity index (χ4n) is 2.61. The molecule has 1 aromatic carbocycles. The van der Waals surface area contributed by atoms with Gasteiger partial charge in [0.15, 0.2) is 0 Å². The van der Waals surface area contributed by atoms with Crippen LogP contribution in [0, 0.1) is 5.41 Å². The van der Waals surface area contributed by atoms with Crippen LogP contribution in [0.1, 0.15) is 32.6 Å². The lowest BCUT2D eigenvalue weighted by Crippen LogP contribution is -2.35. The summed E-state index contributed by atoms with van der Waals surface area (Å²) in [7, 11) is 0. The maximum atomic E-state index is 11.7. The monoisotopic (exact) mass is 246 g/mol. The second-order valence-electron chi connectivity index (χ2n) is 5.54. The molecule has 0 spiro atoms. The van der Waals surface area contributed by atoms with E-state index in [2.05, 4.69) is 17.6 Å². The summed E-state index contributed by atoms with van der Waals surface area (Å²) < 4.78 is 0. The van der Waals surface area contributed by atoms with E-state index >= 15 is 0 Å². The Balaban J connectivity index is 1.69. The van der Waals surface area contributed by atoms with Crippen LogP contribution in [0.3, 0.4) is 0 Å². The molecule has 1 amide bonds. The van der Waals surface area contributed by atoms with Crippen molar-refractivity contribution in [3.8, 4) is 0 Å². The van der Waals surface area contributed by atoms with E-state index in [0.29, 0.717) is 12.0 Å². The Morgan fingerprint density at radius 2 is 1.89 bits per heavy atom. The predicted octanol–water partition coefficient (Wildman–Crippen LogP) is 2.80. The molecule has 0 saturated heterocycles. The first-order valence-electron chi connectivity index (χ1n) is 6.74. The highest BCUT2D eigenvalue weighted by Crippen LogP contribution is 2.36. The quantitative estimate of drug-likeness (QED) is 0.838. The van der Waals surface area contributed by atoms with E-state index < -0.39 is 0 Å². The van der Waals surface area contributed by atoms with E-state index in [1.165, 1.54) is 25.7 Å². The summed E-state index contributed by atoms with van der Waals surface area (Å²) in [6, 6.07) is 9.58. The molecule has 3 nitrogen and oxygen atoms in total. The van der Waals surface area contributed by atoms with Gasteiger partial charge in [0, 0.05) is 12.2 Å². The summed E-state index contributed by atoms with van der Waals surface area (Å²) in [4.78, 5) is 11.7. The van der Waals surface area contributed by atoms with E-state index in [1.807, 2.05) is 30.3 Å². The fourth-order valence-corrected chi connectivity index (χ4v) is 2.61. The Hall–Kier alpha value is -1.35. The van der Waals surface area contributed by atoms with Crippen molar-refractivity contribution in [2.45, 2.75) is 32.6 Å². The Morgan fingerprint density at radius 3 is 2.56 bits per heavy atom. The van der Waals surface area contributed by atoms with Gasteiger partial charge in [-0.2, -0.15) is 0 Å². The highest BCUT2D eigenvalue weighted by atomic mass is 16.1. The molecule has 0 heterocycles. The number of carbonyl (C=O) groups excluding carboxylic acids is 1. The highest BCUT2D eigenvalue weighted by Gasteiger charge is 2.27. The third-order valence-electron chi connectivity index (χ3n) is 3.71. The molecule has 0 aromatic heterocycles. The zero-order valence-corrected chi connectivity index (χ0v) is 11.0. The van der Waals surface area contributed by atoms with E-state index in [-0.39, 0.29) is 5.91 Å². The van der Waals surface area contributed by atoms with Crippen LogP contribution in [0.5, 0.6) is 0 Å². The van der Waals surface area contributed by atoms with E-state index in [1.54, 1.807) is 0 Å². The lowest BCUT2D eigenvalue weighted by molar-refractivity contribution is -0.115. The van der Waals surface area contributed by atoms with Crippen molar-refractivity contribution in [3.63, 3.8) is 0 Å². The molecule has 0 atom stereocenters. The molecule has 1 aromatic rings. The molecule has 18 heavy (non-hydrogen) atoms. The van der Waals surface area contributed by atoms with Crippen LogP contribution in [0.25, 0.3) is 0 Å². The number of hydrogen-bond donors (Lipinski definition) is 2. The standard InChI is InChI=1S/C15H22N2O/c1-15(9-5-6-10-15)12-16-11-14(18)17-13-7-3-2-4-8-13/h2-4,7-8,16H,5-6,9-12H2,1H3,(H,17,18). The molecule has 2 rings (SSSR count). The van der Waals surface area contributed by atoms with Gasteiger partial charge in [0.1, 0.15) is 0 Å². The first kappa shape index (κ1) is 13.1. The van der Waals surface area contributed by atoms with Gasteiger partial charge in [-0.1, -0.05) is 38.0 Å². The summed E-state index contributed by atoms with van der Waals surface area (Å²) in [6.07, 6.45) is 5.21.